The fourth-order valence-corrected chi connectivity index (χ4v) is 2.88. The number of ether oxygens (including phenoxy) is 1. The maximum absolute atomic E-state index is 12.4. The van der Waals surface area contributed by atoms with Crippen molar-refractivity contribution in [2.45, 2.75) is 26.2 Å². The van der Waals surface area contributed by atoms with E-state index in [1.54, 1.807) is 6.07 Å². The zero-order valence-corrected chi connectivity index (χ0v) is 15.0. The average Bonchev–Trinajstić information content (AvgIpc) is 2.55. The van der Waals surface area contributed by atoms with Gasteiger partial charge in [-0.2, -0.15) is 0 Å². The molecule has 0 spiro atoms. The zero-order chi connectivity index (χ0) is 18.0. The van der Waals surface area contributed by atoms with Gasteiger partial charge in [-0.15, -0.1) is 0 Å². The lowest BCUT2D eigenvalue weighted by atomic mass is 9.87. The topological polar surface area (TPSA) is 67.6 Å². The molecule has 0 aromatic heterocycles. The Hall–Kier alpha value is -2.69. The molecule has 2 aromatic rings. The summed E-state index contributed by atoms with van der Waals surface area (Å²) in [6, 6.07) is 13.5. The van der Waals surface area contributed by atoms with Crippen LogP contribution in [-0.2, 0) is 10.2 Å². The predicted octanol–water partition coefficient (Wildman–Crippen LogP) is 3.40. The molecule has 1 amide bonds. The van der Waals surface area contributed by atoms with Gasteiger partial charge in [0.25, 0.3) is 0 Å². The maximum Gasteiger partial charge on any atom is 0.243 e. The van der Waals surface area contributed by atoms with E-state index in [9.17, 15) is 4.79 Å². The highest BCUT2D eigenvalue weighted by Crippen LogP contribution is 2.33. The Labute approximate surface area is 148 Å². The Morgan fingerprint density at radius 3 is 2.60 bits per heavy atom. The molecule has 132 valence electrons. The van der Waals surface area contributed by atoms with Crippen molar-refractivity contribution < 1.29 is 9.53 Å². The molecule has 1 heterocycles. The van der Waals surface area contributed by atoms with Crippen LogP contribution in [0.25, 0.3) is 0 Å². The lowest BCUT2D eigenvalue weighted by Crippen LogP contribution is -2.38. The summed E-state index contributed by atoms with van der Waals surface area (Å²) in [4.78, 5) is 14.4. The number of rotatable bonds is 3. The van der Waals surface area contributed by atoms with Gasteiger partial charge in [0.2, 0.25) is 5.91 Å². The number of anilines is 3. The lowest BCUT2D eigenvalue weighted by molar-refractivity contribution is -0.115. The number of nitrogens with one attached hydrogen (secondary N) is 1. The van der Waals surface area contributed by atoms with E-state index in [1.165, 1.54) is 5.56 Å². The van der Waals surface area contributed by atoms with Crippen molar-refractivity contribution in [3.8, 4) is 5.75 Å². The fourth-order valence-electron chi connectivity index (χ4n) is 2.88. The van der Waals surface area contributed by atoms with Crippen molar-refractivity contribution in [3.05, 3.63) is 48.0 Å². The van der Waals surface area contributed by atoms with E-state index in [2.05, 4.69) is 38.2 Å². The summed E-state index contributed by atoms with van der Waals surface area (Å²) in [5.74, 6) is 0.710. The van der Waals surface area contributed by atoms with E-state index in [4.69, 9.17) is 10.5 Å². The van der Waals surface area contributed by atoms with Gasteiger partial charge in [-0.1, -0.05) is 32.9 Å². The normalized spacial score (nSPS) is 13.8. The summed E-state index contributed by atoms with van der Waals surface area (Å²) in [6.45, 7) is 7.99. The number of carbonyl (C=O) groups excluding carboxylic acids is 1. The summed E-state index contributed by atoms with van der Waals surface area (Å²) >= 11 is 0. The smallest absolute Gasteiger partial charge is 0.243 e. The lowest BCUT2D eigenvalue weighted by Gasteiger charge is -2.30. The van der Waals surface area contributed by atoms with Crippen molar-refractivity contribution >= 4 is 23.0 Å². The van der Waals surface area contributed by atoms with Crippen LogP contribution in [0.15, 0.2) is 42.5 Å². The first-order valence-electron chi connectivity index (χ1n) is 8.50. The van der Waals surface area contributed by atoms with Gasteiger partial charge >= 0.3 is 0 Å². The number of nitrogen functional groups attached to an aromatic ring is 1. The van der Waals surface area contributed by atoms with E-state index in [1.807, 2.05) is 29.2 Å². The molecular weight excluding hydrogens is 314 g/mol. The minimum atomic E-state index is -0.0567. The van der Waals surface area contributed by atoms with E-state index >= 15 is 0 Å². The molecule has 5 nitrogen and oxygen atoms in total. The second kappa shape index (κ2) is 6.67. The Morgan fingerprint density at radius 1 is 1.20 bits per heavy atom. The van der Waals surface area contributed by atoms with Crippen LogP contribution in [0.2, 0.25) is 0 Å². The summed E-state index contributed by atoms with van der Waals surface area (Å²) in [6.07, 6.45) is 0. The first-order valence-corrected chi connectivity index (χ1v) is 8.50. The number of hydrogen-bond acceptors (Lipinski definition) is 4. The first-order chi connectivity index (χ1) is 11.8. The van der Waals surface area contributed by atoms with Crippen LogP contribution in [0.1, 0.15) is 26.3 Å². The Morgan fingerprint density at radius 2 is 1.92 bits per heavy atom. The van der Waals surface area contributed by atoms with Crippen LogP contribution < -0.4 is 20.7 Å². The third-order valence-corrected chi connectivity index (χ3v) is 4.31. The number of fused-ring (bicyclic) bond motifs is 1. The second-order valence-corrected chi connectivity index (χ2v) is 7.37. The summed E-state index contributed by atoms with van der Waals surface area (Å²) < 4.78 is 5.62. The standard InChI is InChI=1S/C20H25N3O2/c1-20(2,3)14-4-7-16(8-5-14)22-19(24)13-23-10-11-25-18-9-6-15(21)12-17(18)23/h4-9,12H,10-11,13,21H2,1-3H3,(H,22,24). The molecule has 0 atom stereocenters. The van der Waals surface area contributed by atoms with Crippen molar-refractivity contribution in [2.75, 3.05) is 35.6 Å². The second-order valence-electron chi connectivity index (χ2n) is 7.37. The van der Waals surface area contributed by atoms with E-state index in [0.29, 0.717) is 18.8 Å². The number of nitrogens with two attached hydrogens (primary N) is 1. The summed E-state index contributed by atoms with van der Waals surface area (Å²) in [5, 5.41) is 2.96. The minimum Gasteiger partial charge on any atom is -0.490 e. The fraction of sp³-hybridized carbons (Fsp3) is 0.350. The summed E-state index contributed by atoms with van der Waals surface area (Å²) in [5.41, 5.74) is 9.53. The molecule has 0 unspecified atom stereocenters. The number of amides is 1. The molecule has 0 fully saturated rings. The minimum absolute atomic E-state index is 0.0567. The molecule has 3 rings (SSSR count). The third-order valence-electron chi connectivity index (χ3n) is 4.31. The summed E-state index contributed by atoms with van der Waals surface area (Å²) in [7, 11) is 0. The first kappa shape index (κ1) is 17.1. The molecule has 0 saturated carbocycles. The molecule has 0 aliphatic carbocycles. The number of carbonyl (C=O) groups is 1. The molecule has 2 aromatic carbocycles. The van der Waals surface area contributed by atoms with Crippen LogP contribution in [0.4, 0.5) is 17.1 Å². The molecule has 1 aliphatic rings. The maximum atomic E-state index is 12.4. The van der Waals surface area contributed by atoms with Gasteiger partial charge in [-0.25, -0.2) is 0 Å². The predicted molar refractivity (Wildman–Crippen MR) is 102 cm³/mol. The average molecular weight is 339 g/mol. The van der Waals surface area contributed by atoms with Crippen LogP contribution >= 0.6 is 0 Å². The third kappa shape index (κ3) is 4.05. The van der Waals surface area contributed by atoms with Gasteiger partial charge in [0.15, 0.2) is 0 Å². The van der Waals surface area contributed by atoms with Gasteiger partial charge in [0.1, 0.15) is 12.4 Å². The monoisotopic (exact) mass is 339 g/mol. The van der Waals surface area contributed by atoms with Gasteiger partial charge in [0, 0.05) is 11.4 Å². The van der Waals surface area contributed by atoms with Gasteiger partial charge < -0.3 is 20.7 Å². The van der Waals surface area contributed by atoms with Crippen molar-refractivity contribution in [1.29, 1.82) is 0 Å². The van der Waals surface area contributed by atoms with E-state index < -0.39 is 0 Å². The van der Waals surface area contributed by atoms with E-state index in [0.717, 1.165) is 17.1 Å². The Balaban J connectivity index is 1.67. The zero-order valence-electron chi connectivity index (χ0n) is 15.0. The van der Waals surface area contributed by atoms with Crippen LogP contribution in [0.3, 0.4) is 0 Å². The molecule has 0 bridgehead atoms. The van der Waals surface area contributed by atoms with Crippen molar-refractivity contribution in [3.63, 3.8) is 0 Å². The van der Waals surface area contributed by atoms with Crippen LogP contribution in [0, 0.1) is 0 Å². The SMILES string of the molecule is CC(C)(C)c1ccc(NC(=O)CN2CCOc3ccc(N)cc32)cc1. The molecule has 1 aliphatic heterocycles. The molecular formula is C20H25N3O2. The quantitative estimate of drug-likeness (QED) is 0.841. The highest BCUT2D eigenvalue weighted by atomic mass is 16.5. The highest BCUT2D eigenvalue weighted by molar-refractivity contribution is 5.94. The highest BCUT2D eigenvalue weighted by Gasteiger charge is 2.20. The Kier molecular flexibility index (Phi) is 4.57. The number of hydrogen-bond donors (Lipinski definition) is 2. The van der Waals surface area contributed by atoms with Crippen molar-refractivity contribution in [2.24, 2.45) is 0 Å². The van der Waals surface area contributed by atoms with Gasteiger partial charge in [-0.3, -0.25) is 4.79 Å². The van der Waals surface area contributed by atoms with Crippen molar-refractivity contribution in [1.82, 2.24) is 0 Å². The van der Waals surface area contributed by atoms with Gasteiger partial charge in [0.05, 0.1) is 18.8 Å². The number of benzene rings is 2. The van der Waals surface area contributed by atoms with Crippen LogP contribution in [-0.4, -0.2) is 25.6 Å². The molecule has 25 heavy (non-hydrogen) atoms. The molecule has 0 saturated heterocycles. The molecule has 0 radical (unpaired) electrons. The number of nitrogens with zero attached hydrogens (tertiary/aromatic N) is 1. The van der Waals surface area contributed by atoms with E-state index in [-0.39, 0.29) is 17.9 Å². The molecule has 3 N–H and O–H groups in total. The molecule has 5 heteroatoms. The van der Waals surface area contributed by atoms with Gasteiger partial charge in [-0.05, 0) is 41.3 Å². The Bertz CT molecular complexity index is 764. The largest absolute Gasteiger partial charge is 0.490 e. The van der Waals surface area contributed by atoms with Crippen LogP contribution in [0.5, 0.6) is 5.75 Å².